The monoisotopic (exact) mass is 340 g/mol. The molecule has 1 fully saturated rings. The smallest absolute Gasteiger partial charge is 0.261 e. The van der Waals surface area contributed by atoms with Gasteiger partial charge in [0.1, 0.15) is 0 Å². The summed E-state index contributed by atoms with van der Waals surface area (Å²) in [5.41, 5.74) is 1.27. The lowest BCUT2D eigenvalue weighted by molar-refractivity contribution is 0.0309. The maximum atomic E-state index is 12.4. The van der Waals surface area contributed by atoms with Crippen molar-refractivity contribution < 1.29 is 14.6 Å². The fourth-order valence-electron chi connectivity index (χ4n) is 3.04. The van der Waals surface area contributed by atoms with E-state index in [9.17, 15) is 9.90 Å². The summed E-state index contributed by atoms with van der Waals surface area (Å²) in [6, 6.07) is 2.25. The summed E-state index contributed by atoms with van der Waals surface area (Å²) in [4.78, 5) is 16.7. The summed E-state index contributed by atoms with van der Waals surface area (Å²) >= 11 is 1.58. The van der Waals surface area contributed by atoms with Crippen LogP contribution in [0, 0.1) is 6.92 Å². The second-order valence-electron chi connectivity index (χ2n) is 6.20. The molecule has 6 heteroatoms. The van der Waals surface area contributed by atoms with Gasteiger partial charge in [-0.1, -0.05) is 6.92 Å². The highest BCUT2D eigenvalue weighted by Gasteiger charge is 2.23. The number of aliphatic hydroxyl groups is 1. The summed E-state index contributed by atoms with van der Waals surface area (Å²) in [5, 5.41) is 12.9. The van der Waals surface area contributed by atoms with E-state index in [0.717, 1.165) is 37.2 Å². The molecule has 1 amide bonds. The van der Waals surface area contributed by atoms with Gasteiger partial charge in [-0.05, 0) is 37.8 Å². The van der Waals surface area contributed by atoms with Gasteiger partial charge in [-0.25, -0.2) is 0 Å². The summed E-state index contributed by atoms with van der Waals surface area (Å²) in [5.74, 6) is 0.0515. The summed E-state index contributed by atoms with van der Waals surface area (Å²) < 4.78 is 4.96. The third kappa shape index (κ3) is 5.28. The molecule has 1 aliphatic heterocycles. The van der Waals surface area contributed by atoms with Gasteiger partial charge < -0.3 is 20.1 Å². The molecule has 1 saturated heterocycles. The van der Waals surface area contributed by atoms with E-state index in [1.54, 1.807) is 18.4 Å². The number of nitrogens with one attached hydrogen (secondary N) is 1. The van der Waals surface area contributed by atoms with Crippen LogP contribution in [0.3, 0.4) is 0 Å². The van der Waals surface area contributed by atoms with Crippen LogP contribution in [0.4, 0.5) is 0 Å². The molecule has 2 rings (SSSR count). The molecule has 0 saturated carbocycles. The number of thiophene rings is 1. The van der Waals surface area contributed by atoms with Crippen LogP contribution in [-0.2, 0) is 11.2 Å². The molecule has 0 bridgehead atoms. The molecule has 0 aliphatic carbocycles. The molecule has 2 heterocycles. The van der Waals surface area contributed by atoms with Crippen LogP contribution in [0.1, 0.15) is 39.9 Å². The Morgan fingerprint density at radius 2 is 2.22 bits per heavy atom. The highest BCUT2D eigenvalue weighted by Crippen LogP contribution is 2.22. The van der Waals surface area contributed by atoms with E-state index in [-0.39, 0.29) is 11.9 Å². The van der Waals surface area contributed by atoms with Crippen molar-refractivity contribution in [3.8, 4) is 0 Å². The Labute approximate surface area is 142 Å². The van der Waals surface area contributed by atoms with E-state index in [4.69, 9.17) is 4.74 Å². The average molecular weight is 340 g/mol. The van der Waals surface area contributed by atoms with Crippen LogP contribution in [0.2, 0.25) is 0 Å². The number of hydrogen-bond acceptors (Lipinski definition) is 5. The Bertz CT molecular complexity index is 510. The van der Waals surface area contributed by atoms with E-state index in [2.05, 4.69) is 24.1 Å². The number of nitrogens with zero attached hydrogens (tertiary/aromatic N) is 1. The highest BCUT2D eigenvalue weighted by atomic mass is 32.1. The number of ether oxygens (including phenoxy) is 1. The number of rotatable bonds is 7. The Morgan fingerprint density at radius 1 is 1.52 bits per heavy atom. The first-order chi connectivity index (χ1) is 11.0. The van der Waals surface area contributed by atoms with Crippen molar-refractivity contribution in [3.63, 3.8) is 0 Å². The number of carbonyl (C=O) groups excluding carboxylic acids is 1. The topological polar surface area (TPSA) is 61.8 Å². The molecule has 1 aliphatic rings. The number of hydrogen-bond donors (Lipinski definition) is 2. The fourth-order valence-corrected chi connectivity index (χ4v) is 4.06. The summed E-state index contributed by atoms with van der Waals surface area (Å²) in [6.45, 7) is 6.99. The maximum Gasteiger partial charge on any atom is 0.261 e. The SMILES string of the molecule is CCc1cc(C(=O)NC2CCN(CC(O)COC)CC2)sc1C. The maximum absolute atomic E-state index is 12.4. The van der Waals surface area contributed by atoms with Crippen LogP contribution < -0.4 is 5.32 Å². The van der Waals surface area contributed by atoms with E-state index in [1.807, 2.05) is 6.07 Å². The first-order valence-electron chi connectivity index (χ1n) is 8.33. The van der Waals surface area contributed by atoms with Gasteiger partial charge >= 0.3 is 0 Å². The van der Waals surface area contributed by atoms with Crippen molar-refractivity contribution in [1.29, 1.82) is 0 Å². The number of amides is 1. The summed E-state index contributed by atoms with van der Waals surface area (Å²) in [6.07, 6.45) is 2.39. The molecule has 0 spiro atoms. The third-order valence-corrected chi connectivity index (χ3v) is 5.47. The van der Waals surface area contributed by atoms with E-state index >= 15 is 0 Å². The van der Waals surface area contributed by atoms with E-state index in [0.29, 0.717) is 13.2 Å². The first kappa shape index (κ1) is 18.4. The normalized spacial score (nSPS) is 18.1. The lowest BCUT2D eigenvalue weighted by Crippen LogP contribution is -2.46. The zero-order chi connectivity index (χ0) is 16.8. The van der Waals surface area contributed by atoms with Gasteiger partial charge in [-0.2, -0.15) is 0 Å². The van der Waals surface area contributed by atoms with Crippen LogP contribution >= 0.6 is 11.3 Å². The average Bonchev–Trinajstić information content (AvgIpc) is 2.90. The Morgan fingerprint density at radius 3 is 2.78 bits per heavy atom. The van der Waals surface area contributed by atoms with Crippen molar-refractivity contribution in [3.05, 3.63) is 21.4 Å². The van der Waals surface area contributed by atoms with Crippen molar-refractivity contribution >= 4 is 17.2 Å². The van der Waals surface area contributed by atoms with Gasteiger partial charge in [-0.3, -0.25) is 4.79 Å². The lowest BCUT2D eigenvalue weighted by Gasteiger charge is -2.33. The number of likely N-dealkylation sites (tertiary alicyclic amines) is 1. The number of aliphatic hydroxyl groups excluding tert-OH is 1. The van der Waals surface area contributed by atoms with Crippen molar-refractivity contribution in [1.82, 2.24) is 10.2 Å². The molecule has 0 radical (unpaired) electrons. The van der Waals surface area contributed by atoms with Crippen molar-refractivity contribution in [2.24, 2.45) is 0 Å². The van der Waals surface area contributed by atoms with Crippen LogP contribution in [-0.4, -0.2) is 61.4 Å². The van der Waals surface area contributed by atoms with Gasteiger partial charge in [0.25, 0.3) is 5.91 Å². The van der Waals surface area contributed by atoms with Gasteiger partial charge in [0.15, 0.2) is 0 Å². The molecule has 2 N–H and O–H groups in total. The van der Waals surface area contributed by atoms with Crippen LogP contribution in [0.5, 0.6) is 0 Å². The molecule has 1 unspecified atom stereocenters. The van der Waals surface area contributed by atoms with Crippen molar-refractivity contribution in [2.75, 3.05) is 33.4 Å². The van der Waals surface area contributed by atoms with Gasteiger partial charge in [0.05, 0.1) is 17.6 Å². The quantitative estimate of drug-likeness (QED) is 0.795. The molecule has 1 atom stereocenters. The van der Waals surface area contributed by atoms with Gasteiger partial charge in [-0.15, -0.1) is 11.3 Å². The number of methoxy groups -OCH3 is 1. The molecule has 0 aromatic carbocycles. The number of carbonyl (C=O) groups is 1. The fraction of sp³-hybridized carbons (Fsp3) is 0.706. The van der Waals surface area contributed by atoms with Crippen LogP contribution in [0.25, 0.3) is 0 Å². The van der Waals surface area contributed by atoms with Gasteiger partial charge in [0.2, 0.25) is 0 Å². The first-order valence-corrected chi connectivity index (χ1v) is 9.14. The Kier molecular flexibility index (Phi) is 7.02. The molecular formula is C17H28N2O3S. The summed E-state index contributed by atoms with van der Waals surface area (Å²) in [7, 11) is 1.60. The van der Waals surface area contributed by atoms with E-state index < -0.39 is 6.10 Å². The second-order valence-corrected chi connectivity index (χ2v) is 7.46. The van der Waals surface area contributed by atoms with E-state index in [1.165, 1.54) is 10.4 Å². The molecule has 130 valence electrons. The number of β-amino-alcohol motifs (C(OH)–C–C–N with tert-alkyl or cyclic N) is 1. The minimum absolute atomic E-state index is 0.0515. The molecule has 1 aromatic rings. The number of aryl methyl sites for hydroxylation is 2. The molecule has 23 heavy (non-hydrogen) atoms. The largest absolute Gasteiger partial charge is 0.389 e. The zero-order valence-electron chi connectivity index (χ0n) is 14.3. The predicted molar refractivity (Wildman–Crippen MR) is 93.2 cm³/mol. The predicted octanol–water partition coefficient (Wildman–Crippen LogP) is 1.82. The number of piperidine rings is 1. The zero-order valence-corrected chi connectivity index (χ0v) is 15.1. The minimum Gasteiger partial charge on any atom is -0.389 e. The van der Waals surface area contributed by atoms with Crippen LogP contribution in [0.15, 0.2) is 6.07 Å². The Balaban J connectivity index is 1.78. The molecule has 5 nitrogen and oxygen atoms in total. The Hall–Kier alpha value is -0.950. The van der Waals surface area contributed by atoms with Gasteiger partial charge in [0, 0.05) is 37.7 Å². The minimum atomic E-state index is -0.437. The molecular weight excluding hydrogens is 312 g/mol. The lowest BCUT2D eigenvalue weighted by atomic mass is 10.0. The second kappa shape index (κ2) is 8.78. The van der Waals surface area contributed by atoms with Crippen molar-refractivity contribution in [2.45, 2.75) is 45.3 Å². The third-order valence-electron chi connectivity index (χ3n) is 4.38. The molecule has 1 aromatic heterocycles. The highest BCUT2D eigenvalue weighted by molar-refractivity contribution is 7.14. The standard InChI is InChI=1S/C17H28N2O3S/c1-4-13-9-16(23-12(13)2)17(21)18-14-5-7-19(8-6-14)10-15(20)11-22-3/h9,14-15,20H,4-8,10-11H2,1-3H3,(H,18,21).